The van der Waals surface area contributed by atoms with Crippen LogP contribution < -0.4 is 4.90 Å². The number of ether oxygens (including phenoxy) is 1. The zero-order chi connectivity index (χ0) is 25.4. The van der Waals surface area contributed by atoms with Crippen molar-refractivity contribution in [3.8, 4) is 0 Å². The predicted molar refractivity (Wildman–Crippen MR) is 140 cm³/mol. The highest BCUT2D eigenvalue weighted by Gasteiger charge is 2.37. The first-order valence-corrected chi connectivity index (χ1v) is 13.2. The molecule has 2 saturated heterocycles. The van der Waals surface area contributed by atoms with Crippen molar-refractivity contribution in [1.29, 1.82) is 0 Å². The number of methoxy groups -OCH3 is 1. The van der Waals surface area contributed by atoms with E-state index in [-0.39, 0.29) is 12.0 Å². The summed E-state index contributed by atoms with van der Waals surface area (Å²) in [5.41, 5.74) is 3.11. The molecule has 0 unspecified atom stereocenters. The zero-order valence-corrected chi connectivity index (χ0v) is 22.3. The van der Waals surface area contributed by atoms with Gasteiger partial charge in [-0.25, -0.2) is 9.67 Å². The Labute approximate surface area is 220 Å². The number of esters is 1. The lowest BCUT2D eigenvalue weighted by Crippen LogP contribution is -2.54. The smallest absolute Gasteiger partial charge is 0.306 e. The van der Waals surface area contributed by atoms with Crippen LogP contribution in [0.15, 0.2) is 18.2 Å². The Morgan fingerprint density at radius 1 is 1.19 bits per heavy atom. The first-order valence-electron chi connectivity index (χ1n) is 12.4. The first kappa shape index (κ1) is 25.2. The van der Waals surface area contributed by atoms with E-state index >= 15 is 0 Å². The van der Waals surface area contributed by atoms with Crippen LogP contribution in [0.2, 0.25) is 10.0 Å². The second kappa shape index (κ2) is 10.5. The standard InChI is InChI=1S/C25H31Cl2N7O2/c1-15-23-24(34(31-30-23)16(2)20-7-6-19(26)11-21(20)27)29-25(28-15)33-13-18(14-33)17-5-4-9-32(12-17)10-8-22(35)36-3/h6-7,11,16-18H,4-5,8-10,12-14H2,1-3H3/t16-,17+/m1/s1. The first-order chi connectivity index (χ1) is 17.3. The molecule has 9 nitrogen and oxygen atoms in total. The van der Waals surface area contributed by atoms with Crippen LogP contribution in [0.4, 0.5) is 5.95 Å². The van der Waals surface area contributed by atoms with E-state index in [0.29, 0.717) is 45.4 Å². The second-order valence-electron chi connectivity index (χ2n) is 9.85. The Bertz CT molecular complexity index is 1260. The van der Waals surface area contributed by atoms with Gasteiger partial charge in [0.1, 0.15) is 0 Å². The van der Waals surface area contributed by atoms with E-state index in [2.05, 4.69) is 20.1 Å². The minimum Gasteiger partial charge on any atom is -0.469 e. The average Bonchev–Trinajstić information content (AvgIpc) is 3.26. The molecule has 4 heterocycles. The Kier molecular flexibility index (Phi) is 7.32. The molecule has 1 aromatic carbocycles. The molecule has 2 fully saturated rings. The molecule has 0 saturated carbocycles. The number of hydrogen-bond donors (Lipinski definition) is 0. The summed E-state index contributed by atoms with van der Waals surface area (Å²) >= 11 is 12.6. The maximum Gasteiger partial charge on any atom is 0.306 e. The molecule has 0 bridgehead atoms. The highest BCUT2D eigenvalue weighted by Crippen LogP contribution is 2.34. The van der Waals surface area contributed by atoms with Crippen molar-refractivity contribution in [2.45, 2.75) is 39.2 Å². The molecule has 36 heavy (non-hydrogen) atoms. The van der Waals surface area contributed by atoms with Crippen LogP contribution in [0.3, 0.4) is 0 Å². The number of hydrogen-bond acceptors (Lipinski definition) is 8. The van der Waals surface area contributed by atoms with E-state index < -0.39 is 0 Å². The summed E-state index contributed by atoms with van der Waals surface area (Å²) in [6.07, 6.45) is 2.84. The molecule has 2 aliphatic heterocycles. The molecule has 0 aliphatic carbocycles. The molecular formula is C25H31Cl2N7O2. The van der Waals surface area contributed by atoms with Gasteiger partial charge in [0.05, 0.1) is 25.3 Å². The minimum absolute atomic E-state index is 0.142. The fourth-order valence-corrected chi connectivity index (χ4v) is 5.90. The van der Waals surface area contributed by atoms with E-state index in [9.17, 15) is 4.79 Å². The van der Waals surface area contributed by atoms with E-state index in [0.717, 1.165) is 44.0 Å². The number of benzene rings is 1. The molecule has 192 valence electrons. The summed E-state index contributed by atoms with van der Waals surface area (Å²) in [5.74, 6) is 1.79. The predicted octanol–water partition coefficient (Wildman–Crippen LogP) is 4.16. The maximum atomic E-state index is 11.5. The summed E-state index contributed by atoms with van der Waals surface area (Å²) in [4.78, 5) is 25.8. The molecule has 0 amide bonds. The second-order valence-corrected chi connectivity index (χ2v) is 10.7. The minimum atomic E-state index is -0.163. The van der Waals surface area contributed by atoms with Crippen molar-refractivity contribution < 1.29 is 9.53 Å². The van der Waals surface area contributed by atoms with Gasteiger partial charge in [-0.15, -0.1) is 5.10 Å². The lowest BCUT2D eigenvalue weighted by molar-refractivity contribution is -0.141. The average molecular weight is 532 g/mol. The quantitative estimate of drug-likeness (QED) is 0.420. The molecule has 2 aromatic heterocycles. The summed E-state index contributed by atoms with van der Waals surface area (Å²) in [6, 6.07) is 5.31. The molecule has 0 spiro atoms. The number of aromatic nitrogens is 5. The van der Waals surface area contributed by atoms with Gasteiger partial charge in [-0.3, -0.25) is 4.79 Å². The highest BCUT2D eigenvalue weighted by molar-refractivity contribution is 6.35. The lowest BCUT2D eigenvalue weighted by atomic mass is 9.80. The molecule has 0 N–H and O–H groups in total. The van der Waals surface area contributed by atoms with Gasteiger partial charge in [0.25, 0.3) is 0 Å². The molecule has 11 heteroatoms. The molecule has 0 radical (unpaired) electrons. The van der Waals surface area contributed by atoms with E-state index in [1.165, 1.54) is 20.0 Å². The summed E-state index contributed by atoms with van der Waals surface area (Å²) < 4.78 is 6.60. The highest BCUT2D eigenvalue weighted by atomic mass is 35.5. The largest absolute Gasteiger partial charge is 0.469 e. The SMILES string of the molecule is COC(=O)CCN1CCC[C@H](C2CN(c3nc(C)c4nnn([C@H](C)c5ccc(Cl)cc5Cl)c4n3)C2)C1. The molecular weight excluding hydrogens is 501 g/mol. The van der Waals surface area contributed by atoms with Gasteiger partial charge in [0, 0.05) is 36.2 Å². The van der Waals surface area contributed by atoms with E-state index in [1.807, 2.05) is 26.0 Å². The number of anilines is 1. The third kappa shape index (κ3) is 5.01. The number of carbonyl (C=O) groups excluding carboxylic acids is 1. The third-order valence-electron chi connectivity index (χ3n) is 7.53. The number of halogens is 2. The number of carbonyl (C=O) groups is 1. The van der Waals surface area contributed by atoms with Gasteiger partial charge in [-0.05, 0) is 62.8 Å². The zero-order valence-electron chi connectivity index (χ0n) is 20.8. The van der Waals surface area contributed by atoms with Crippen molar-refractivity contribution in [3.05, 3.63) is 39.5 Å². The van der Waals surface area contributed by atoms with Crippen molar-refractivity contribution in [2.24, 2.45) is 11.8 Å². The lowest BCUT2D eigenvalue weighted by Gasteiger charge is -2.46. The monoisotopic (exact) mass is 531 g/mol. The molecule has 3 aromatic rings. The number of likely N-dealkylation sites (tertiary alicyclic amines) is 1. The number of aryl methyl sites for hydroxylation is 1. The number of fused-ring (bicyclic) bond motifs is 1. The van der Waals surface area contributed by atoms with Gasteiger partial charge in [-0.1, -0.05) is 34.5 Å². The van der Waals surface area contributed by atoms with Crippen LogP contribution in [0, 0.1) is 18.8 Å². The van der Waals surface area contributed by atoms with Crippen molar-refractivity contribution in [3.63, 3.8) is 0 Å². The number of rotatable bonds is 7. The summed E-state index contributed by atoms with van der Waals surface area (Å²) in [6.45, 7) is 8.69. The Morgan fingerprint density at radius 3 is 2.75 bits per heavy atom. The maximum absolute atomic E-state index is 11.5. The van der Waals surface area contributed by atoms with Gasteiger partial charge in [0.2, 0.25) is 5.95 Å². The van der Waals surface area contributed by atoms with Crippen LogP contribution in [-0.2, 0) is 9.53 Å². The van der Waals surface area contributed by atoms with Crippen LogP contribution in [0.25, 0.3) is 11.2 Å². The van der Waals surface area contributed by atoms with Crippen molar-refractivity contribution in [1.82, 2.24) is 29.9 Å². The summed E-state index contributed by atoms with van der Waals surface area (Å²) in [5, 5.41) is 9.92. The topological polar surface area (TPSA) is 89.3 Å². The van der Waals surface area contributed by atoms with Gasteiger partial charge >= 0.3 is 5.97 Å². The third-order valence-corrected chi connectivity index (χ3v) is 8.09. The fraction of sp³-hybridized carbons (Fsp3) is 0.560. The normalized spacial score (nSPS) is 19.9. The van der Waals surface area contributed by atoms with E-state index in [4.69, 9.17) is 37.9 Å². The van der Waals surface area contributed by atoms with Crippen LogP contribution in [0.5, 0.6) is 0 Å². The Balaban J connectivity index is 1.29. The van der Waals surface area contributed by atoms with Gasteiger partial charge in [-0.2, -0.15) is 4.98 Å². The Morgan fingerprint density at radius 2 is 2.00 bits per heavy atom. The molecule has 2 atom stereocenters. The van der Waals surface area contributed by atoms with Crippen LogP contribution >= 0.6 is 23.2 Å². The molecule has 5 rings (SSSR count). The Hall–Kier alpha value is -2.49. The summed E-state index contributed by atoms with van der Waals surface area (Å²) in [7, 11) is 1.45. The number of nitrogens with zero attached hydrogens (tertiary/aromatic N) is 7. The van der Waals surface area contributed by atoms with Crippen LogP contribution in [0.1, 0.15) is 43.5 Å². The fourth-order valence-electron chi connectivity index (χ4n) is 5.33. The van der Waals surface area contributed by atoms with Crippen molar-refractivity contribution in [2.75, 3.05) is 44.7 Å². The van der Waals surface area contributed by atoms with Crippen LogP contribution in [-0.4, -0.2) is 75.7 Å². The molecule has 2 aliphatic rings. The number of piperidine rings is 1. The van der Waals surface area contributed by atoms with E-state index in [1.54, 1.807) is 10.7 Å². The van der Waals surface area contributed by atoms with Crippen molar-refractivity contribution >= 4 is 46.3 Å². The van der Waals surface area contributed by atoms with Gasteiger partial charge < -0.3 is 14.5 Å². The van der Waals surface area contributed by atoms with Gasteiger partial charge in [0.15, 0.2) is 11.2 Å².